The van der Waals surface area contributed by atoms with Gasteiger partial charge in [0, 0.05) is 46.3 Å². The average Bonchev–Trinajstić information content (AvgIpc) is 3.32. The second kappa shape index (κ2) is 12.8. The third-order valence-electron chi connectivity index (χ3n) is 6.27. The van der Waals surface area contributed by atoms with Crippen molar-refractivity contribution < 1.29 is 37.3 Å². The third kappa shape index (κ3) is 8.40. The number of aromatic nitrogens is 1. The van der Waals surface area contributed by atoms with E-state index in [4.69, 9.17) is 9.47 Å². The van der Waals surface area contributed by atoms with Crippen molar-refractivity contribution in [3.63, 3.8) is 0 Å². The van der Waals surface area contributed by atoms with Gasteiger partial charge in [-0.25, -0.2) is 4.79 Å². The number of ether oxygens (including phenoxy) is 2. The van der Waals surface area contributed by atoms with Crippen LogP contribution >= 0.6 is 0 Å². The van der Waals surface area contributed by atoms with Crippen LogP contribution in [0.25, 0.3) is 0 Å². The minimum absolute atomic E-state index is 0.0115. The Morgan fingerprint density at radius 3 is 2.54 bits per heavy atom. The standard InChI is InChI=1S/C26H40F3N5O5/c1-8-17-10-13-34(22(35)25(5,37)26(27,28)29)16-18(17)15-20(33(7)21-19(30-6)9-11-31-21)38-14-12-32-23(36)39-24(2,3)4/h8-9,11,20,30-31,37H,1,10,12-16H2,2-7H3,(H,32,36)/t20?,25-/m0/s1. The molecule has 2 heterocycles. The van der Waals surface area contributed by atoms with Crippen molar-refractivity contribution in [1.29, 1.82) is 0 Å². The predicted octanol–water partition coefficient (Wildman–Crippen LogP) is 3.78. The van der Waals surface area contributed by atoms with Crippen molar-refractivity contribution in [1.82, 2.24) is 15.2 Å². The number of nitrogens with one attached hydrogen (secondary N) is 3. The van der Waals surface area contributed by atoms with Crippen molar-refractivity contribution in [2.75, 3.05) is 50.6 Å². The highest BCUT2D eigenvalue weighted by molar-refractivity contribution is 5.86. The molecule has 2 atom stereocenters. The van der Waals surface area contributed by atoms with Crippen LogP contribution in [0.5, 0.6) is 0 Å². The number of alkyl carbamates (subject to hydrolysis) is 1. The van der Waals surface area contributed by atoms with Crippen LogP contribution in [0.15, 0.2) is 36.1 Å². The maximum Gasteiger partial charge on any atom is 0.426 e. The van der Waals surface area contributed by atoms with E-state index in [2.05, 4.69) is 22.2 Å². The maximum atomic E-state index is 13.3. The van der Waals surface area contributed by atoms with E-state index in [9.17, 15) is 27.9 Å². The first kappa shape index (κ1) is 32.0. The highest BCUT2D eigenvalue weighted by atomic mass is 19.4. The quantitative estimate of drug-likeness (QED) is 0.241. The second-order valence-corrected chi connectivity index (χ2v) is 10.4. The number of H-pyrrole nitrogens is 1. The Morgan fingerprint density at radius 2 is 1.97 bits per heavy atom. The fourth-order valence-electron chi connectivity index (χ4n) is 4.07. The molecule has 0 radical (unpaired) electrons. The Bertz CT molecular complexity index is 1050. The van der Waals surface area contributed by atoms with E-state index in [1.54, 1.807) is 47.1 Å². The predicted molar refractivity (Wildman–Crippen MR) is 142 cm³/mol. The topological polar surface area (TPSA) is 119 Å². The number of halogens is 3. The molecule has 220 valence electrons. The van der Waals surface area contributed by atoms with E-state index in [-0.39, 0.29) is 39.1 Å². The average molecular weight is 560 g/mol. The van der Waals surface area contributed by atoms with E-state index < -0.39 is 35.6 Å². The van der Waals surface area contributed by atoms with Crippen molar-refractivity contribution in [3.8, 4) is 0 Å². The molecule has 1 aromatic rings. The third-order valence-corrected chi connectivity index (χ3v) is 6.27. The summed E-state index contributed by atoms with van der Waals surface area (Å²) in [6.45, 7) is 9.68. The molecule has 2 rings (SSSR count). The Hall–Kier alpha value is -3.19. The van der Waals surface area contributed by atoms with Gasteiger partial charge in [0.15, 0.2) is 0 Å². The number of carbonyl (C=O) groups is 2. The molecular formula is C26H40F3N5O5. The Labute approximate surface area is 227 Å². The lowest BCUT2D eigenvalue weighted by molar-refractivity contribution is -0.250. The van der Waals surface area contributed by atoms with Gasteiger partial charge in [0.05, 0.1) is 12.3 Å². The number of aliphatic hydroxyl groups is 1. The van der Waals surface area contributed by atoms with Crippen LogP contribution in [0.2, 0.25) is 0 Å². The van der Waals surface area contributed by atoms with E-state index in [1.807, 2.05) is 11.0 Å². The molecule has 1 aliphatic heterocycles. The number of amides is 2. The van der Waals surface area contributed by atoms with Crippen LogP contribution in [0.4, 0.5) is 29.5 Å². The molecule has 2 amide bonds. The molecule has 0 spiro atoms. The van der Waals surface area contributed by atoms with Gasteiger partial charge in [-0.15, -0.1) is 0 Å². The van der Waals surface area contributed by atoms with Gasteiger partial charge in [0.2, 0.25) is 5.60 Å². The Balaban J connectivity index is 2.24. The highest BCUT2D eigenvalue weighted by Crippen LogP contribution is 2.34. The van der Waals surface area contributed by atoms with E-state index >= 15 is 0 Å². The van der Waals surface area contributed by atoms with Crippen molar-refractivity contribution in [3.05, 3.63) is 36.1 Å². The SMILES string of the molecule is C=CC1=C(CC(OCCNC(=O)OC(C)(C)C)N(C)c2[nH]ccc2NC)CN(C(=O)[C@](C)(O)C(F)(F)F)CC1. The highest BCUT2D eigenvalue weighted by Gasteiger charge is 2.57. The van der Waals surface area contributed by atoms with Crippen LogP contribution in [-0.4, -0.2) is 90.9 Å². The molecular weight excluding hydrogens is 519 g/mol. The number of nitrogens with zero attached hydrogens (tertiary/aromatic N) is 2. The molecule has 1 unspecified atom stereocenters. The van der Waals surface area contributed by atoms with Crippen molar-refractivity contribution in [2.24, 2.45) is 0 Å². The van der Waals surface area contributed by atoms with E-state index in [0.29, 0.717) is 18.3 Å². The molecule has 0 saturated carbocycles. The fourth-order valence-corrected chi connectivity index (χ4v) is 4.07. The lowest BCUT2D eigenvalue weighted by Gasteiger charge is -2.37. The summed E-state index contributed by atoms with van der Waals surface area (Å²) < 4.78 is 51.4. The molecule has 13 heteroatoms. The lowest BCUT2D eigenvalue weighted by atomic mass is 9.94. The van der Waals surface area contributed by atoms with Gasteiger partial charge in [-0.3, -0.25) is 4.79 Å². The van der Waals surface area contributed by atoms with Gasteiger partial charge in [-0.2, -0.15) is 13.2 Å². The summed E-state index contributed by atoms with van der Waals surface area (Å²) in [5.41, 5.74) is -1.93. The first-order valence-electron chi connectivity index (χ1n) is 12.6. The van der Waals surface area contributed by atoms with Gasteiger partial charge in [0.1, 0.15) is 17.6 Å². The Kier molecular flexibility index (Phi) is 10.5. The first-order valence-corrected chi connectivity index (χ1v) is 12.6. The molecule has 0 aromatic carbocycles. The normalized spacial score (nSPS) is 16.8. The number of hydrogen-bond donors (Lipinski definition) is 4. The number of rotatable bonds is 11. The van der Waals surface area contributed by atoms with E-state index in [0.717, 1.165) is 16.2 Å². The molecule has 0 aliphatic carbocycles. The van der Waals surface area contributed by atoms with Gasteiger partial charge in [-0.05, 0) is 51.3 Å². The van der Waals surface area contributed by atoms with Gasteiger partial charge in [-0.1, -0.05) is 12.7 Å². The molecule has 0 saturated heterocycles. The second-order valence-electron chi connectivity index (χ2n) is 10.4. The molecule has 1 aliphatic rings. The minimum atomic E-state index is -5.11. The molecule has 4 N–H and O–H groups in total. The summed E-state index contributed by atoms with van der Waals surface area (Å²) in [5, 5.41) is 15.7. The number of carbonyl (C=O) groups excluding carboxylic acids is 2. The largest absolute Gasteiger partial charge is 0.444 e. The van der Waals surface area contributed by atoms with Crippen molar-refractivity contribution >= 4 is 23.5 Å². The monoisotopic (exact) mass is 559 g/mol. The van der Waals surface area contributed by atoms with Gasteiger partial charge >= 0.3 is 12.3 Å². The van der Waals surface area contributed by atoms with Crippen molar-refractivity contribution in [2.45, 2.75) is 64.1 Å². The van der Waals surface area contributed by atoms with Crippen LogP contribution in [0, 0.1) is 0 Å². The zero-order valence-corrected chi connectivity index (χ0v) is 23.4. The number of allylic oxidation sites excluding steroid dienone is 1. The van der Waals surface area contributed by atoms with Crippen LogP contribution < -0.4 is 15.5 Å². The first-order chi connectivity index (χ1) is 18.0. The molecule has 0 fully saturated rings. The zero-order chi connectivity index (χ0) is 29.6. The van der Waals surface area contributed by atoms with Crippen LogP contribution in [0.3, 0.4) is 0 Å². The fraction of sp³-hybridized carbons (Fsp3) is 0.615. The molecule has 39 heavy (non-hydrogen) atoms. The smallest absolute Gasteiger partial charge is 0.426 e. The lowest BCUT2D eigenvalue weighted by Crippen LogP contribution is -2.57. The van der Waals surface area contributed by atoms with E-state index in [1.165, 1.54) is 0 Å². The summed E-state index contributed by atoms with van der Waals surface area (Å²) in [6.07, 6.45) is -2.49. The van der Waals surface area contributed by atoms with Gasteiger partial charge in [0.25, 0.3) is 5.91 Å². The molecule has 10 nitrogen and oxygen atoms in total. The minimum Gasteiger partial charge on any atom is -0.444 e. The summed E-state index contributed by atoms with van der Waals surface area (Å²) >= 11 is 0. The maximum absolute atomic E-state index is 13.3. The number of alkyl halides is 3. The van der Waals surface area contributed by atoms with Crippen LogP contribution in [0.1, 0.15) is 40.5 Å². The number of aromatic amines is 1. The van der Waals surface area contributed by atoms with Gasteiger partial charge < -0.3 is 40.0 Å². The summed E-state index contributed by atoms with van der Waals surface area (Å²) in [4.78, 5) is 30.6. The summed E-state index contributed by atoms with van der Waals surface area (Å²) in [6, 6.07) is 1.83. The number of hydrogen-bond acceptors (Lipinski definition) is 7. The molecule has 1 aromatic heterocycles. The summed E-state index contributed by atoms with van der Waals surface area (Å²) in [5.74, 6) is -0.711. The molecule has 0 bridgehead atoms. The number of anilines is 2. The zero-order valence-electron chi connectivity index (χ0n) is 23.4. The summed E-state index contributed by atoms with van der Waals surface area (Å²) in [7, 11) is 3.55. The Morgan fingerprint density at radius 1 is 1.31 bits per heavy atom. The van der Waals surface area contributed by atoms with Crippen LogP contribution in [-0.2, 0) is 14.3 Å².